The first kappa shape index (κ1) is 26.2. The van der Waals surface area contributed by atoms with Gasteiger partial charge in [0.15, 0.2) is 0 Å². The molecule has 0 radical (unpaired) electrons. The second-order valence-electron chi connectivity index (χ2n) is 9.21. The molecule has 0 heterocycles. The number of methoxy groups -OCH3 is 1. The van der Waals surface area contributed by atoms with Crippen LogP contribution in [-0.4, -0.2) is 56.0 Å². The van der Waals surface area contributed by atoms with Crippen LogP contribution < -0.4 is 10.6 Å². The van der Waals surface area contributed by atoms with E-state index in [0.717, 1.165) is 22.3 Å². The number of fused-ring (bicyclic) bond motifs is 3. The molecule has 0 aliphatic heterocycles. The molecule has 8 heteroatoms. The number of amides is 2. The van der Waals surface area contributed by atoms with Gasteiger partial charge in [0.05, 0.1) is 5.92 Å². The monoisotopic (exact) mass is 482 g/mol. The van der Waals surface area contributed by atoms with E-state index >= 15 is 0 Å². The largest absolute Gasteiger partial charge is 0.481 e. The minimum atomic E-state index is -0.961. The SMILES string of the molecule is COCCC(NC(=O)OCC1c2ccccc2-c2ccccc21)C(=O)NCC(CC(C)C)C(=O)O. The molecule has 0 spiro atoms. The molecule has 2 aromatic rings. The number of hydrogen-bond donors (Lipinski definition) is 3. The lowest BCUT2D eigenvalue weighted by Crippen LogP contribution is -2.49. The summed E-state index contributed by atoms with van der Waals surface area (Å²) in [5.41, 5.74) is 4.45. The number of benzene rings is 2. The molecule has 1 aliphatic rings. The van der Waals surface area contributed by atoms with Crippen molar-refractivity contribution in [1.82, 2.24) is 10.6 Å². The standard InChI is InChI=1S/C27H34N2O6/c1-17(2)14-18(26(31)32)15-28-25(30)24(12-13-34-3)29-27(33)35-16-23-21-10-6-4-8-19(21)20-9-5-7-11-22(20)23/h4-11,17-18,23-24H,12-16H2,1-3H3,(H,28,30)(H,29,33)(H,31,32). The van der Waals surface area contributed by atoms with Crippen molar-refractivity contribution in [3.63, 3.8) is 0 Å². The molecule has 0 fully saturated rings. The summed E-state index contributed by atoms with van der Waals surface area (Å²) in [7, 11) is 1.51. The van der Waals surface area contributed by atoms with Gasteiger partial charge in [0, 0.05) is 32.6 Å². The highest BCUT2D eigenvalue weighted by Gasteiger charge is 2.30. The molecule has 3 N–H and O–H groups in total. The van der Waals surface area contributed by atoms with Gasteiger partial charge < -0.3 is 25.2 Å². The predicted octanol–water partition coefficient (Wildman–Crippen LogP) is 3.79. The Morgan fingerprint density at radius 3 is 2.14 bits per heavy atom. The van der Waals surface area contributed by atoms with Crippen LogP contribution in [0.1, 0.15) is 43.7 Å². The van der Waals surface area contributed by atoms with Crippen molar-refractivity contribution in [3.05, 3.63) is 59.7 Å². The predicted molar refractivity (Wildman–Crippen MR) is 132 cm³/mol. The van der Waals surface area contributed by atoms with E-state index in [1.165, 1.54) is 7.11 Å². The van der Waals surface area contributed by atoms with Gasteiger partial charge in [-0.25, -0.2) is 4.79 Å². The third-order valence-corrected chi connectivity index (χ3v) is 6.19. The lowest BCUT2D eigenvalue weighted by atomic mass is 9.97. The average Bonchev–Trinajstić information content (AvgIpc) is 3.16. The average molecular weight is 483 g/mol. The molecule has 2 unspecified atom stereocenters. The van der Waals surface area contributed by atoms with Gasteiger partial charge in [-0.1, -0.05) is 62.4 Å². The minimum Gasteiger partial charge on any atom is -0.481 e. The van der Waals surface area contributed by atoms with Gasteiger partial charge in [0.25, 0.3) is 0 Å². The maximum absolute atomic E-state index is 12.8. The van der Waals surface area contributed by atoms with E-state index in [4.69, 9.17) is 9.47 Å². The van der Waals surface area contributed by atoms with E-state index in [1.807, 2.05) is 50.2 Å². The topological polar surface area (TPSA) is 114 Å². The molecule has 2 aromatic carbocycles. The van der Waals surface area contributed by atoms with E-state index in [9.17, 15) is 19.5 Å². The zero-order valence-electron chi connectivity index (χ0n) is 20.5. The molecule has 0 saturated heterocycles. The Balaban J connectivity index is 1.60. The van der Waals surface area contributed by atoms with Gasteiger partial charge in [-0.15, -0.1) is 0 Å². The number of ether oxygens (including phenoxy) is 2. The van der Waals surface area contributed by atoms with Crippen molar-refractivity contribution in [2.45, 2.75) is 38.6 Å². The Morgan fingerprint density at radius 2 is 1.60 bits per heavy atom. The first-order valence-corrected chi connectivity index (χ1v) is 11.9. The molecule has 188 valence electrons. The van der Waals surface area contributed by atoms with Crippen LogP contribution in [0.5, 0.6) is 0 Å². The Labute approximate surface area is 206 Å². The number of carboxylic acid groups (broad SMARTS) is 1. The van der Waals surface area contributed by atoms with E-state index in [0.29, 0.717) is 6.42 Å². The van der Waals surface area contributed by atoms with Crippen LogP contribution in [0.2, 0.25) is 0 Å². The van der Waals surface area contributed by atoms with Crippen LogP contribution in [0.3, 0.4) is 0 Å². The van der Waals surface area contributed by atoms with Crippen molar-refractivity contribution in [2.24, 2.45) is 11.8 Å². The molecule has 0 bridgehead atoms. The van der Waals surface area contributed by atoms with Crippen molar-refractivity contribution < 1.29 is 29.0 Å². The van der Waals surface area contributed by atoms with Crippen molar-refractivity contribution in [3.8, 4) is 11.1 Å². The van der Waals surface area contributed by atoms with E-state index in [1.54, 1.807) is 0 Å². The fourth-order valence-electron chi connectivity index (χ4n) is 4.47. The molecule has 8 nitrogen and oxygen atoms in total. The second kappa shape index (κ2) is 12.4. The number of carbonyl (C=O) groups excluding carboxylic acids is 2. The zero-order valence-corrected chi connectivity index (χ0v) is 20.5. The van der Waals surface area contributed by atoms with E-state index in [-0.39, 0.29) is 38.0 Å². The van der Waals surface area contributed by atoms with Crippen molar-refractivity contribution >= 4 is 18.0 Å². The summed E-state index contributed by atoms with van der Waals surface area (Å²) in [4.78, 5) is 36.9. The van der Waals surface area contributed by atoms with Crippen LogP contribution in [0.25, 0.3) is 11.1 Å². The summed E-state index contributed by atoms with van der Waals surface area (Å²) in [5.74, 6) is -2.04. The first-order valence-electron chi connectivity index (χ1n) is 11.9. The van der Waals surface area contributed by atoms with Crippen LogP contribution in [0.15, 0.2) is 48.5 Å². The number of rotatable bonds is 12. The number of nitrogens with one attached hydrogen (secondary N) is 2. The zero-order chi connectivity index (χ0) is 25.4. The third-order valence-electron chi connectivity index (χ3n) is 6.19. The number of alkyl carbamates (subject to hydrolysis) is 1. The van der Waals surface area contributed by atoms with Gasteiger partial charge in [0.1, 0.15) is 12.6 Å². The summed E-state index contributed by atoms with van der Waals surface area (Å²) in [6.07, 6.45) is -0.0350. The summed E-state index contributed by atoms with van der Waals surface area (Å²) < 4.78 is 10.6. The molecule has 35 heavy (non-hydrogen) atoms. The normalized spacial score (nSPS) is 14.1. The van der Waals surface area contributed by atoms with E-state index in [2.05, 4.69) is 22.8 Å². The molecule has 2 atom stereocenters. The van der Waals surface area contributed by atoms with Gasteiger partial charge in [-0.2, -0.15) is 0 Å². The maximum atomic E-state index is 12.8. The quantitative estimate of drug-likeness (QED) is 0.424. The van der Waals surface area contributed by atoms with Crippen LogP contribution in [-0.2, 0) is 19.1 Å². The van der Waals surface area contributed by atoms with Gasteiger partial charge in [0.2, 0.25) is 5.91 Å². The second-order valence-corrected chi connectivity index (χ2v) is 9.21. The number of aliphatic carboxylic acids is 1. The molecule has 1 aliphatic carbocycles. The Bertz CT molecular complexity index is 992. The smallest absolute Gasteiger partial charge is 0.407 e. The van der Waals surface area contributed by atoms with Crippen molar-refractivity contribution in [1.29, 1.82) is 0 Å². The molecule has 0 saturated carbocycles. The first-order chi connectivity index (χ1) is 16.8. The Hall–Kier alpha value is -3.39. The molecule has 0 aromatic heterocycles. The van der Waals surface area contributed by atoms with Crippen molar-refractivity contribution in [2.75, 3.05) is 26.9 Å². The number of carboxylic acids is 1. The number of hydrogen-bond acceptors (Lipinski definition) is 5. The van der Waals surface area contributed by atoms with Gasteiger partial charge in [-0.05, 0) is 34.6 Å². The van der Waals surface area contributed by atoms with Gasteiger partial charge >= 0.3 is 12.1 Å². The summed E-state index contributed by atoms with van der Waals surface area (Å²) in [6, 6.07) is 15.2. The lowest BCUT2D eigenvalue weighted by molar-refractivity contribution is -0.142. The van der Waals surface area contributed by atoms with Crippen LogP contribution in [0, 0.1) is 11.8 Å². The summed E-state index contributed by atoms with van der Waals surface area (Å²) in [5, 5.41) is 14.7. The summed E-state index contributed by atoms with van der Waals surface area (Å²) in [6.45, 7) is 4.22. The molecule has 3 rings (SSSR count). The lowest BCUT2D eigenvalue weighted by Gasteiger charge is -2.21. The third kappa shape index (κ3) is 6.82. The number of carbonyl (C=O) groups is 3. The highest BCUT2D eigenvalue weighted by Crippen LogP contribution is 2.44. The Kier molecular flexibility index (Phi) is 9.25. The Morgan fingerprint density at radius 1 is 1.00 bits per heavy atom. The highest BCUT2D eigenvalue weighted by atomic mass is 16.5. The van der Waals surface area contributed by atoms with Gasteiger partial charge in [-0.3, -0.25) is 9.59 Å². The fourth-order valence-corrected chi connectivity index (χ4v) is 4.47. The fraction of sp³-hybridized carbons (Fsp3) is 0.444. The van der Waals surface area contributed by atoms with E-state index < -0.39 is 29.9 Å². The van der Waals surface area contributed by atoms with Crippen LogP contribution >= 0.6 is 0 Å². The maximum Gasteiger partial charge on any atom is 0.407 e. The molecular weight excluding hydrogens is 448 g/mol. The summed E-state index contributed by atoms with van der Waals surface area (Å²) >= 11 is 0. The highest BCUT2D eigenvalue weighted by molar-refractivity contribution is 5.86. The molecular formula is C27H34N2O6. The molecule has 2 amide bonds. The minimum absolute atomic E-state index is 0.0117. The van der Waals surface area contributed by atoms with Crippen LogP contribution in [0.4, 0.5) is 4.79 Å².